The van der Waals surface area contributed by atoms with E-state index >= 15 is 0 Å². The number of nitrogens with two attached hydrogens (primary N) is 1. The Morgan fingerprint density at radius 1 is 1.12 bits per heavy atom. The van der Waals surface area contributed by atoms with Crippen LogP contribution in [0, 0.1) is 0 Å². The Bertz CT molecular complexity index is 415. The second-order valence-corrected chi connectivity index (χ2v) is 5.69. The minimum atomic E-state index is -0.131. The maximum Gasteiger partial charge on any atom is 0.0583 e. The van der Waals surface area contributed by atoms with E-state index in [1.54, 1.807) is 0 Å². The number of aliphatic hydroxyl groups excluding tert-OH is 1. The van der Waals surface area contributed by atoms with Crippen LogP contribution in [0.25, 0.3) is 0 Å². The van der Waals surface area contributed by atoms with Crippen LogP contribution in [0.5, 0.6) is 0 Å². The zero-order chi connectivity index (χ0) is 11.8. The van der Waals surface area contributed by atoms with Crippen LogP contribution in [-0.2, 0) is 12.8 Å². The van der Waals surface area contributed by atoms with E-state index in [9.17, 15) is 5.11 Å². The molecule has 1 fully saturated rings. The van der Waals surface area contributed by atoms with Gasteiger partial charge in [0.1, 0.15) is 0 Å². The molecule has 2 nitrogen and oxygen atoms in total. The van der Waals surface area contributed by atoms with Crippen LogP contribution < -0.4 is 5.73 Å². The van der Waals surface area contributed by atoms with Crippen molar-refractivity contribution in [3.05, 3.63) is 34.9 Å². The van der Waals surface area contributed by atoms with Crippen molar-refractivity contribution in [2.24, 2.45) is 5.73 Å². The summed E-state index contributed by atoms with van der Waals surface area (Å²) in [6.45, 7) is 0. The van der Waals surface area contributed by atoms with Gasteiger partial charge in [0.15, 0.2) is 0 Å². The molecule has 3 atom stereocenters. The molecule has 3 rings (SSSR count). The molecule has 17 heavy (non-hydrogen) atoms. The van der Waals surface area contributed by atoms with E-state index in [1.807, 2.05) is 0 Å². The highest BCUT2D eigenvalue weighted by Crippen LogP contribution is 2.35. The minimum Gasteiger partial charge on any atom is -0.393 e. The first-order chi connectivity index (χ1) is 8.22. The predicted molar refractivity (Wildman–Crippen MR) is 69.0 cm³/mol. The van der Waals surface area contributed by atoms with E-state index in [2.05, 4.69) is 18.2 Å². The van der Waals surface area contributed by atoms with E-state index in [-0.39, 0.29) is 6.10 Å². The van der Waals surface area contributed by atoms with E-state index in [1.165, 1.54) is 29.5 Å². The molecule has 1 aromatic rings. The molecule has 1 aromatic carbocycles. The lowest BCUT2D eigenvalue weighted by atomic mass is 9.86. The second kappa shape index (κ2) is 4.43. The highest BCUT2D eigenvalue weighted by atomic mass is 16.3. The molecular formula is C15H21NO. The van der Waals surface area contributed by atoms with Crippen molar-refractivity contribution >= 4 is 0 Å². The number of aliphatic hydroxyl groups is 1. The van der Waals surface area contributed by atoms with Gasteiger partial charge in [0.2, 0.25) is 0 Å². The van der Waals surface area contributed by atoms with E-state index in [0.29, 0.717) is 12.0 Å². The third kappa shape index (κ3) is 2.24. The number of hydrogen-bond donors (Lipinski definition) is 2. The average molecular weight is 231 g/mol. The Morgan fingerprint density at radius 3 is 2.76 bits per heavy atom. The second-order valence-electron chi connectivity index (χ2n) is 5.69. The topological polar surface area (TPSA) is 46.2 Å². The third-order valence-corrected chi connectivity index (χ3v) is 4.38. The van der Waals surface area contributed by atoms with Gasteiger partial charge in [0.05, 0.1) is 6.10 Å². The number of rotatable bonds is 1. The molecule has 0 bridgehead atoms. The highest BCUT2D eigenvalue weighted by molar-refractivity contribution is 5.36. The fourth-order valence-electron chi connectivity index (χ4n) is 3.33. The molecular weight excluding hydrogens is 210 g/mol. The number of hydrogen-bond acceptors (Lipinski definition) is 2. The molecule has 0 amide bonds. The summed E-state index contributed by atoms with van der Waals surface area (Å²) in [6.07, 6.45) is 6.20. The van der Waals surface area contributed by atoms with Gasteiger partial charge in [0, 0.05) is 6.04 Å². The smallest absolute Gasteiger partial charge is 0.0583 e. The summed E-state index contributed by atoms with van der Waals surface area (Å²) < 4.78 is 0. The van der Waals surface area contributed by atoms with Crippen molar-refractivity contribution in [3.8, 4) is 0 Å². The molecule has 2 aliphatic carbocycles. The monoisotopic (exact) mass is 231 g/mol. The van der Waals surface area contributed by atoms with Crippen molar-refractivity contribution in [2.75, 3.05) is 0 Å². The summed E-state index contributed by atoms with van der Waals surface area (Å²) in [7, 11) is 0. The SMILES string of the molecule is NC1CCC(c2ccc3c(c2)CCC(O)C3)C1. The van der Waals surface area contributed by atoms with Crippen LogP contribution in [0.1, 0.15) is 48.3 Å². The largest absolute Gasteiger partial charge is 0.393 e. The van der Waals surface area contributed by atoms with Crippen LogP contribution >= 0.6 is 0 Å². The van der Waals surface area contributed by atoms with E-state index < -0.39 is 0 Å². The normalized spacial score (nSPS) is 32.5. The van der Waals surface area contributed by atoms with Crippen molar-refractivity contribution in [1.82, 2.24) is 0 Å². The Morgan fingerprint density at radius 2 is 2.00 bits per heavy atom. The summed E-state index contributed by atoms with van der Waals surface area (Å²) in [4.78, 5) is 0. The van der Waals surface area contributed by atoms with Crippen LogP contribution in [0.3, 0.4) is 0 Å². The Hall–Kier alpha value is -0.860. The van der Waals surface area contributed by atoms with Crippen LogP contribution in [0.4, 0.5) is 0 Å². The van der Waals surface area contributed by atoms with Gasteiger partial charge >= 0.3 is 0 Å². The van der Waals surface area contributed by atoms with Crippen molar-refractivity contribution in [2.45, 2.75) is 56.6 Å². The van der Waals surface area contributed by atoms with Crippen LogP contribution in [0.15, 0.2) is 18.2 Å². The van der Waals surface area contributed by atoms with Crippen molar-refractivity contribution in [1.29, 1.82) is 0 Å². The zero-order valence-electron chi connectivity index (χ0n) is 10.2. The van der Waals surface area contributed by atoms with Gasteiger partial charge in [-0.2, -0.15) is 0 Å². The molecule has 0 saturated heterocycles. The van der Waals surface area contributed by atoms with Crippen LogP contribution in [0.2, 0.25) is 0 Å². The Kier molecular flexibility index (Phi) is 2.93. The van der Waals surface area contributed by atoms with E-state index in [0.717, 1.165) is 25.7 Å². The summed E-state index contributed by atoms with van der Waals surface area (Å²) in [5.74, 6) is 0.669. The number of benzene rings is 1. The average Bonchev–Trinajstić information content (AvgIpc) is 2.75. The lowest BCUT2D eigenvalue weighted by Gasteiger charge is -2.22. The van der Waals surface area contributed by atoms with E-state index in [4.69, 9.17) is 5.73 Å². The minimum absolute atomic E-state index is 0.131. The molecule has 92 valence electrons. The first-order valence-electron chi connectivity index (χ1n) is 6.77. The molecule has 0 spiro atoms. The molecule has 0 aromatic heterocycles. The summed E-state index contributed by atoms with van der Waals surface area (Å²) in [6, 6.07) is 7.23. The van der Waals surface area contributed by atoms with Crippen molar-refractivity contribution < 1.29 is 5.11 Å². The molecule has 2 heteroatoms. The van der Waals surface area contributed by atoms with Crippen molar-refractivity contribution in [3.63, 3.8) is 0 Å². The molecule has 1 saturated carbocycles. The van der Waals surface area contributed by atoms with Crippen LogP contribution in [-0.4, -0.2) is 17.3 Å². The maximum absolute atomic E-state index is 9.65. The fourth-order valence-corrected chi connectivity index (χ4v) is 3.33. The van der Waals surface area contributed by atoms with Gasteiger partial charge in [0.25, 0.3) is 0 Å². The lowest BCUT2D eigenvalue weighted by molar-refractivity contribution is 0.158. The standard InChI is InChI=1S/C15H21NO/c16-14-5-3-12(8-14)10-1-2-13-9-15(17)6-4-11(13)7-10/h1-2,7,12,14-15,17H,3-6,8-9,16H2. The molecule has 3 unspecified atom stereocenters. The molecule has 0 radical (unpaired) electrons. The predicted octanol–water partition coefficient (Wildman–Crippen LogP) is 2.13. The Labute approximate surface area is 103 Å². The maximum atomic E-state index is 9.65. The summed E-state index contributed by atoms with van der Waals surface area (Å²) >= 11 is 0. The molecule has 0 heterocycles. The Balaban J connectivity index is 1.83. The molecule has 0 aliphatic heterocycles. The first kappa shape index (κ1) is 11.2. The highest BCUT2D eigenvalue weighted by Gasteiger charge is 2.24. The quantitative estimate of drug-likeness (QED) is 0.777. The summed E-state index contributed by atoms with van der Waals surface area (Å²) in [5.41, 5.74) is 10.2. The van der Waals surface area contributed by atoms with Gasteiger partial charge in [-0.15, -0.1) is 0 Å². The number of fused-ring (bicyclic) bond motifs is 1. The van der Waals surface area contributed by atoms with Gasteiger partial charge < -0.3 is 10.8 Å². The van der Waals surface area contributed by atoms with Gasteiger partial charge in [-0.3, -0.25) is 0 Å². The van der Waals surface area contributed by atoms with Gasteiger partial charge in [-0.25, -0.2) is 0 Å². The fraction of sp³-hybridized carbons (Fsp3) is 0.600. The lowest BCUT2D eigenvalue weighted by Crippen LogP contribution is -2.19. The summed E-state index contributed by atoms with van der Waals surface area (Å²) in [5, 5.41) is 9.65. The first-order valence-corrected chi connectivity index (χ1v) is 6.77. The van der Waals surface area contributed by atoms with Gasteiger partial charge in [-0.1, -0.05) is 18.2 Å². The molecule has 3 N–H and O–H groups in total. The zero-order valence-corrected chi connectivity index (χ0v) is 10.2. The van der Waals surface area contributed by atoms with Gasteiger partial charge in [-0.05, 0) is 61.1 Å². The number of aryl methyl sites for hydroxylation is 1. The third-order valence-electron chi connectivity index (χ3n) is 4.38. The molecule has 2 aliphatic rings.